The van der Waals surface area contributed by atoms with Crippen LogP contribution in [0.3, 0.4) is 0 Å². The second-order valence-electron chi connectivity index (χ2n) is 3.62. The maximum absolute atomic E-state index is 5.92. The molecule has 14 heavy (non-hydrogen) atoms. The minimum Gasteiger partial charge on any atom is -0.377 e. The molecule has 72 valence electrons. The normalized spacial score (nSPS) is 17.2. The van der Waals surface area contributed by atoms with Crippen LogP contribution >= 0.6 is 11.6 Å². The quantitative estimate of drug-likeness (QED) is 0.702. The number of benzene rings is 1. The van der Waals surface area contributed by atoms with Crippen molar-refractivity contribution in [2.75, 3.05) is 13.2 Å². The minimum atomic E-state index is 0.508. The molecule has 1 aliphatic heterocycles. The maximum Gasteiger partial charge on any atom is 0.0803 e. The molecule has 1 fully saturated rings. The highest BCUT2D eigenvalue weighted by molar-refractivity contribution is 6.31. The predicted molar refractivity (Wildman–Crippen MR) is 56.8 cm³/mol. The molecule has 1 aromatic carbocycles. The largest absolute Gasteiger partial charge is 0.377 e. The summed E-state index contributed by atoms with van der Waals surface area (Å²) in [6.45, 7) is 1.65. The molecule has 0 unspecified atom stereocenters. The van der Waals surface area contributed by atoms with Crippen LogP contribution in [0.4, 0.5) is 0 Å². The summed E-state index contributed by atoms with van der Waals surface area (Å²) in [6.07, 6.45) is 2.11. The Morgan fingerprint density at radius 2 is 2.14 bits per heavy atom. The summed E-state index contributed by atoms with van der Waals surface area (Å²) in [5.74, 6) is 0. The second-order valence-corrected chi connectivity index (χ2v) is 4.05. The zero-order valence-electron chi connectivity index (χ0n) is 7.61. The maximum atomic E-state index is 5.92. The molecule has 0 amide bonds. The first-order valence-corrected chi connectivity index (χ1v) is 5.06. The molecule has 3 heteroatoms. The third-order valence-corrected chi connectivity index (χ3v) is 2.93. The van der Waals surface area contributed by atoms with E-state index in [2.05, 4.69) is 22.9 Å². The van der Waals surface area contributed by atoms with Crippen LogP contribution in [0.5, 0.6) is 0 Å². The summed E-state index contributed by atoms with van der Waals surface area (Å²) in [6, 6.07) is 8.59. The second kappa shape index (κ2) is 3.01. The summed E-state index contributed by atoms with van der Waals surface area (Å²) >= 11 is 5.92. The molecule has 2 aromatic rings. The van der Waals surface area contributed by atoms with Crippen molar-refractivity contribution in [2.45, 2.75) is 6.04 Å². The van der Waals surface area contributed by atoms with Crippen LogP contribution in [0, 0.1) is 0 Å². The van der Waals surface area contributed by atoms with Crippen LogP contribution in [-0.2, 0) is 4.74 Å². The Morgan fingerprint density at radius 1 is 1.29 bits per heavy atom. The van der Waals surface area contributed by atoms with Crippen molar-refractivity contribution in [1.82, 2.24) is 4.57 Å². The first-order valence-electron chi connectivity index (χ1n) is 4.68. The number of hydrogen-bond acceptors (Lipinski definition) is 1. The Labute approximate surface area is 87.0 Å². The minimum absolute atomic E-state index is 0.508. The molecule has 0 spiro atoms. The fraction of sp³-hybridized carbons (Fsp3) is 0.273. The first-order chi connectivity index (χ1) is 6.84. The van der Waals surface area contributed by atoms with Crippen LogP contribution in [-0.4, -0.2) is 17.8 Å². The third-order valence-electron chi connectivity index (χ3n) is 2.70. The average molecular weight is 208 g/mol. The van der Waals surface area contributed by atoms with Crippen molar-refractivity contribution in [3.05, 3.63) is 35.5 Å². The van der Waals surface area contributed by atoms with Crippen LogP contribution in [0.15, 0.2) is 30.5 Å². The van der Waals surface area contributed by atoms with Gasteiger partial charge < -0.3 is 9.30 Å². The van der Waals surface area contributed by atoms with Gasteiger partial charge in [-0.1, -0.05) is 11.6 Å². The summed E-state index contributed by atoms with van der Waals surface area (Å²) in [4.78, 5) is 0. The van der Waals surface area contributed by atoms with Gasteiger partial charge in [0.15, 0.2) is 0 Å². The third kappa shape index (κ3) is 1.15. The smallest absolute Gasteiger partial charge is 0.0803 e. The molecule has 0 saturated carbocycles. The van der Waals surface area contributed by atoms with Gasteiger partial charge in [0.2, 0.25) is 0 Å². The van der Waals surface area contributed by atoms with Crippen LogP contribution in [0.25, 0.3) is 10.9 Å². The lowest BCUT2D eigenvalue weighted by Gasteiger charge is -2.28. The van der Waals surface area contributed by atoms with Gasteiger partial charge in [-0.2, -0.15) is 0 Å². The van der Waals surface area contributed by atoms with E-state index in [1.165, 1.54) is 10.9 Å². The SMILES string of the molecule is Clc1ccc2c(ccn2C2COC2)c1. The van der Waals surface area contributed by atoms with Crippen molar-refractivity contribution >= 4 is 22.5 Å². The van der Waals surface area contributed by atoms with E-state index in [0.717, 1.165) is 18.2 Å². The standard InChI is InChI=1S/C11H10ClNO/c12-9-1-2-11-8(5-9)3-4-13(11)10-6-14-7-10/h1-5,10H,6-7H2. The van der Waals surface area contributed by atoms with Gasteiger partial charge in [-0.25, -0.2) is 0 Å². The molecule has 0 aliphatic carbocycles. The van der Waals surface area contributed by atoms with Gasteiger partial charge in [0.05, 0.1) is 19.3 Å². The molecule has 3 rings (SSSR count). The predicted octanol–water partition coefficient (Wildman–Crippen LogP) is 2.87. The lowest BCUT2D eigenvalue weighted by molar-refractivity contribution is -0.0213. The number of aromatic nitrogens is 1. The van der Waals surface area contributed by atoms with E-state index in [-0.39, 0.29) is 0 Å². The molecule has 0 radical (unpaired) electrons. The van der Waals surface area contributed by atoms with Gasteiger partial charge in [-0.15, -0.1) is 0 Å². The zero-order valence-corrected chi connectivity index (χ0v) is 8.37. The van der Waals surface area contributed by atoms with Crippen LogP contribution < -0.4 is 0 Å². The molecule has 0 N–H and O–H groups in total. The average Bonchev–Trinajstić information content (AvgIpc) is 2.45. The zero-order chi connectivity index (χ0) is 9.54. The Hall–Kier alpha value is -0.990. The number of hydrogen-bond donors (Lipinski definition) is 0. The lowest BCUT2D eigenvalue weighted by atomic mass is 10.2. The summed E-state index contributed by atoms with van der Waals surface area (Å²) in [5, 5.41) is 1.99. The molecule has 0 bridgehead atoms. The lowest BCUT2D eigenvalue weighted by Crippen LogP contribution is -2.29. The number of rotatable bonds is 1. The van der Waals surface area contributed by atoms with E-state index in [0.29, 0.717) is 6.04 Å². The Balaban J connectivity index is 2.16. The molecule has 0 atom stereocenters. The number of halogens is 1. The molecule has 2 heterocycles. The Bertz CT molecular complexity index is 473. The number of nitrogens with zero attached hydrogens (tertiary/aromatic N) is 1. The van der Waals surface area contributed by atoms with Gasteiger partial charge >= 0.3 is 0 Å². The Kier molecular flexibility index (Phi) is 1.79. The summed E-state index contributed by atoms with van der Waals surface area (Å²) < 4.78 is 7.44. The van der Waals surface area contributed by atoms with E-state index in [4.69, 9.17) is 16.3 Å². The highest BCUT2D eigenvalue weighted by atomic mass is 35.5. The molecule has 1 aliphatic rings. The van der Waals surface area contributed by atoms with Crippen molar-refractivity contribution < 1.29 is 4.74 Å². The highest BCUT2D eigenvalue weighted by Crippen LogP contribution is 2.26. The van der Waals surface area contributed by atoms with Crippen molar-refractivity contribution in [1.29, 1.82) is 0 Å². The van der Waals surface area contributed by atoms with E-state index in [9.17, 15) is 0 Å². The topological polar surface area (TPSA) is 14.2 Å². The monoisotopic (exact) mass is 207 g/mol. The van der Waals surface area contributed by atoms with Crippen molar-refractivity contribution in [2.24, 2.45) is 0 Å². The van der Waals surface area contributed by atoms with E-state index >= 15 is 0 Å². The Morgan fingerprint density at radius 3 is 2.86 bits per heavy atom. The fourth-order valence-corrected chi connectivity index (χ4v) is 2.02. The summed E-state index contributed by atoms with van der Waals surface area (Å²) in [7, 11) is 0. The van der Waals surface area contributed by atoms with E-state index in [1.54, 1.807) is 0 Å². The fourth-order valence-electron chi connectivity index (χ4n) is 1.84. The molecular formula is C11H10ClNO. The molecule has 1 aromatic heterocycles. The number of ether oxygens (including phenoxy) is 1. The van der Waals surface area contributed by atoms with Crippen LogP contribution in [0.2, 0.25) is 5.02 Å². The number of fused-ring (bicyclic) bond motifs is 1. The van der Waals surface area contributed by atoms with E-state index in [1.807, 2.05) is 12.1 Å². The van der Waals surface area contributed by atoms with Crippen LogP contribution in [0.1, 0.15) is 6.04 Å². The summed E-state index contributed by atoms with van der Waals surface area (Å²) in [5.41, 5.74) is 1.24. The van der Waals surface area contributed by atoms with Gasteiger partial charge in [-0.3, -0.25) is 0 Å². The molecule has 1 saturated heterocycles. The van der Waals surface area contributed by atoms with Gasteiger partial charge in [0.25, 0.3) is 0 Å². The van der Waals surface area contributed by atoms with Gasteiger partial charge in [0, 0.05) is 22.1 Å². The van der Waals surface area contributed by atoms with Gasteiger partial charge in [0.1, 0.15) is 0 Å². The molecular weight excluding hydrogens is 198 g/mol. The molecule has 2 nitrogen and oxygen atoms in total. The van der Waals surface area contributed by atoms with Gasteiger partial charge in [-0.05, 0) is 24.3 Å². The van der Waals surface area contributed by atoms with E-state index < -0.39 is 0 Å². The van der Waals surface area contributed by atoms with Crippen molar-refractivity contribution in [3.63, 3.8) is 0 Å². The van der Waals surface area contributed by atoms with Crippen molar-refractivity contribution in [3.8, 4) is 0 Å². The highest BCUT2D eigenvalue weighted by Gasteiger charge is 2.20. The first kappa shape index (κ1) is 8.33.